The first-order chi connectivity index (χ1) is 8.25. The molecule has 0 amide bonds. The van der Waals surface area contributed by atoms with Crippen LogP contribution in [0, 0.1) is 0 Å². The molecule has 0 bridgehead atoms. The number of nitrogens with two attached hydrogens (primary N) is 1. The Morgan fingerprint density at radius 1 is 1.06 bits per heavy atom. The summed E-state index contributed by atoms with van der Waals surface area (Å²) in [5.74, 6) is 0. The van der Waals surface area contributed by atoms with Crippen LogP contribution in [0.15, 0.2) is 53.0 Å². The third-order valence-corrected chi connectivity index (χ3v) is 3.08. The molecule has 88 valence electrons. The lowest BCUT2D eigenvalue weighted by Crippen LogP contribution is -2.06. The van der Waals surface area contributed by atoms with Crippen molar-refractivity contribution in [1.29, 1.82) is 0 Å². The van der Waals surface area contributed by atoms with Crippen molar-refractivity contribution in [2.45, 2.75) is 6.42 Å². The summed E-state index contributed by atoms with van der Waals surface area (Å²) in [5, 5.41) is 3.35. The quantitative estimate of drug-likeness (QED) is 0.843. The minimum atomic E-state index is 0.779. The lowest BCUT2D eigenvalue weighted by atomic mass is 10.1. The Morgan fingerprint density at radius 2 is 1.82 bits per heavy atom. The summed E-state index contributed by atoms with van der Waals surface area (Å²) in [6.07, 6.45) is 0.993. The van der Waals surface area contributed by atoms with Gasteiger partial charge in [0, 0.05) is 11.0 Å². The molecule has 0 atom stereocenters. The molecule has 2 aromatic rings. The van der Waals surface area contributed by atoms with Crippen molar-refractivity contribution in [1.82, 2.24) is 0 Å². The average Bonchev–Trinajstić information content (AvgIpc) is 2.35. The largest absolute Gasteiger partial charge is 0.397 e. The van der Waals surface area contributed by atoms with E-state index in [1.54, 1.807) is 0 Å². The van der Waals surface area contributed by atoms with Gasteiger partial charge < -0.3 is 11.1 Å². The molecule has 2 rings (SSSR count). The number of rotatable bonds is 4. The zero-order valence-corrected chi connectivity index (χ0v) is 11.1. The Kier molecular flexibility index (Phi) is 4.04. The summed E-state index contributed by atoms with van der Waals surface area (Å²) in [4.78, 5) is 0. The normalized spacial score (nSPS) is 10.2. The van der Waals surface area contributed by atoms with Crippen molar-refractivity contribution in [2.24, 2.45) is 0 Å². The van der Waals surface area contributed by atoms with Gasteiger partial charge in [-0.3, -0.25) is 0 Å². The van der Waals surface area contributed by atoms with Crippen LogP contribution < -0.4 is 11.1 Å². The fourth-order valence-electron chi connectivity index (χ4n) is 1.67. The van der Waals surface area contributed by atoms with Crippen LogP contribution in [-0.4, -0.2) is 6.54 Å². The first-order valence-electron chi connectivity index (χ1n) is 5.58. The van der Waals surface area contributed by atoms with E-state index in [9.17, 15) is 0 Å². The van der Waals surface area contributed by atoms with Gasteiger partial charge in [-0.05, 0) is 30.2 Å². The van der Waals surface area contributed by atoms with Gasteiger partial charge >= 0.3 is 0 Å². The second kappa shape index (κ2) is 5.73. The molecule has 0 fully saturated rings. The third kappa shape index (κ3) is 3.49. The molecular weight excluding hydrogens is 276 g/mol. The number of hydrogen-bond acceptors (Lipinski definition) is 2. The number of hydrogen-bond donors (Lipinski definition) is 2. The fraction of sp³-hybridized carbons (Fsp3) is 0.143. The lowest BCUT2D eigenvalue weighted by Gasteiger charge is -2.09. The molecule has 0 spiro atoms. The summed E-state index contributed by atoms with van der Waals surface area (Å²) in [6, 6.07) is 16.2. The summed E-state index contributed by atoms with van der Waals surface area (Å²) in [5.41, 5.74) is 8.97. The molecule has 0 heterocycles. The SMILES string of the molecule is Nc1ccc(Br)cc1NCCc1ccccc1. The molecule has 0 saturated heterocycles. The number of benzene rings is 2. The highest BCUT2D eigenvalue weighted by atomic mass is 79.9. The Morgan fingerprint density at radius 3 is 2.59 bits per heavy atom. The number of anilines is 2. The summed E-state index contributed by atoms with van der Waals surface area (Å²) >= 11 is 3.44. The van der Waals surface area contributed by atoms with E-state index in [0.717, 1.165) is 28.8 Å². The molecule has 2 nitrogen and oxygen atoms in total. The van der Waals surface area contributed by atoms with Crippen LogP contribution in [0.3, 0.4) is 0 Å². The van der Waals surface area contributed by atoms with Gasteiger partial charge in [0.1, 0.15) is 0 Å². The van der Waals surface area contributed by atoms with Gasteiger partial charge in [-0.25, -0.2) is 0 Å². The monoisotopic (exact) mass is 290 g/mol. The van der Waals surface area contributed by atoms with Crippen LogP contribution >= 0.6 is 15.9 Å². The minimum Gasteiger partial charge on any atom is -0.397 e. The van der Waals surface area contributed by atoms with Crippen LogP contribution in [0.1, 0.15) is 5.56 Å². The zero-order chi connectivity index (χ0) is 12.1. The van der Waals surface area contributed by atoms with Gasteiger partial charge in [-0.15, -0.1) is 0 Å². The van der Waals surface area contributed by atoms with Crippen LogP contribution in [0.25, 0.3) is 0 Å². The Bertz CT molecular complexity index is 483. The highest BCUT2D eigenvalue weighted by Gasteiger charge is 1.99. The van der Waals surface area contributed by atoms with E-state index in [1.807, 2.05) is 24.3 Å². The maximum absolute atomic E-state index is 5.89. The smallest absolute Gasteiger partial charge is 0.0585 e. The highest BCUT2D eigenvalue weighted by molar-refractivity contribution is 9.10. The zero-order valence-electron chi connectivity index (χ0n) is 9.49. The average molecular weight is 291 g/mol. The van der Waals surface area contributed by atoms with Gasteiger partial charge in [0.15, 0.2) is 0 Å². The molecule has 0 unspecified atom stereocenters. The maximum atomic E-state index is 5.89. The van der Waals surface area contributed by atoms with E-state index in [4.69, 9.17) is 5.73 Å². The molecule has 3 heteroatoms. The number of nitrogen functional groups attached to an aromatic ring is 1. The molecular formula is C14H15BrN2. The second-order valence-corrected chi connectivity index (χ2v) is 4.81. The predicted octanol–water partition coefficient (Wildman–Crippen LogP) is 3.69. The van der Waals surface area contributed by atoms with E-state index in [2.05, 4.69) is 45.5 Å². The summed E-state index contributed by atoms with van der Waals surface area (Å²) in [6.45, 7) is 0.880. The fourth-order valence-corrected chi connectivity index (χ4v) is 2.03. The number of halogens is 1. The van der Waals surface area contributed by atoms with Crippen LogP contribution in [0.5, 0.6) is 0 Å². The molecule has 0 saturated carbocycles. The van der Waals surface area contributed by atoms with Crippen LogP contribution in [-0.2, 0) is 6.42 Å². The molecule has 0 aliphatic heterocycles. The van der Waals surface area contributed by atoms with Gasteiger partial charge in [0.25, 0.3) is 0 Å². The molecule has 0 radical (unpaired) electrons. The maximum Gasteiger partial charge on any atom is 0.0585 e. The summed E-state index contributed by atoms with van der Waals surface area (Å²) in [7, 11) is 0. The molecule has 0 aliphatic carbocycles. The van der Waals surface area contributed by atoms with Crippen molar-refractivity contribution in [3.63, 3.8) is 0 Å². The highest BCUT2D eigenvalue weighted by Crippen LogP contribution is 2.23. The van der Waals surface area contributed by atoms with Gasteiger partial charge in [0.05, 0.1) is 11.4 Å². The third-order valence-electron chi connectivity index (χ3n) is 2.59. The Hall–Kier alpha value is -1.48. The Labute approximate surface area is 110 Å². The molecule has 17 heavy (non-hydrogen) atoms. The molecule has 0 aliphatic rings. The van der Waals surface area contributed by atoms with Gasteiger partial charge in [0.2, 0.25) is 0 Å². The first-order valence-corrected chi connectivity index (χ1v) is 6.38. The molecule has 3 N–H and O–H groups in total. The van der Waals surface area contributed by atoms with E-state index >= 15 is 0 Å². The van der Waals surface area contributed by atoms with Crippen molar-refractivity contribution >= 4 is 27.3 Å². The van der Waals surface area contributed by atoms with Crippen molar-refractivity contribution in [3.8, 4) is 0 Å². The topological polar surface area (TPSA) is 38.0 Å². The van der Waals surface area contributed by atoms with Crippen molar-refractivity contribution in [3.05, 3.63) is 58.6 Å². The van der Waals surface area contributed by atoms with Crippen molar-refractivity contribution in [2.75, 3.05) is 17.6 Å². The number of nitrogens with one attached hydrogen (secondary N) is 1. The summed E-state index contributed by atoms with van der Waals surface area (Å²) < 4.78 is 1.04. The first kappa shape index (κ1) is 12.0. The Balaban J connectivity index is 1.92. The van der Waals surface area contributed by atoms with E-state index < -0.39 is 0 Å². The van der Waals surface area contributed by atoms with E-state index in [1.165, 1.54) is 5.56 Å². The van der Waals surface area contributed by atoms with E-state index in [0.29, 0.717) is 0 Å². The predicted molar refractivity (Wildman–Crippen MR) is 77.2 cm³/mol. The standard InChI is InChI=1S/C14H15BrN2/c15-12-6-7-13(16)14(10-12)17-9-8-11-4-2-1-3-5-11/h1-7,10,17H,8-9,16H2. The van der Waals surface area contributed by atoms with E-state index in [-0.39, 0.29) is 0 Å². The van der Waals surface area contributed by atoms with Gasteiger partial charge in [-0.2, -0.15) is 0 Å². The lowest BCUT2D eigenvalue weighted by molar-refractivity contribution is 1.02. The van der Waals surface area contributed by atoms with Gasteiger partial charge in [-0.1, -0.05) is 46.3 Å². The molecule has 0 aromatic heterocycles. The van der Waals surface area contributed by atoms with Crippen LogP contribution in [0.4, 0.5) is 11.4 Å². The molecule has 2 aromatic carbocycles. The van der Waals surface area contributed by atoms with Crippen LogP contribution in [0.2, 0.25) is 0 Å². The van der Waals surface area contributed by atoms with Crippen molar-refractivity contribution < 1.29 is 0 Å². The minimum absolute atomic E-state index is 0.779. The second-order valence-electron chi connectivity index (χ2n) is 3.89.